The van der Waals surface area contributed by atoms with Gasteiger partial charge in [0.25, 0.3) is 5.91 Å². The van der Waals surface area contributed by atoms with E-state index in [4.69, 9.17) is 9.47 Å². The maximum absolute atomic E-state index is 12.4. The Morgan fingerprint density at radius 1 is 1.27 bits per heavy atom. The van der Waals surface area contributed by atoms with E-state index in [0.29, 0.717) is 24.6 Å². The third-order valence-electron chi connectivity index (χ3n) is 3.64. The van der Waals surface area contributed by atoms with Crippen LogP contribution in [0.1, 0.15) is 52.9 Å². The third kappa shape index (κ3) is 5.64. The van der Waals surface area contributed by atoms with Crippen LogP contribution in [0, 0.1) is 0 Å². The van der Waals surface area contributed by atoms with Crippen LogP contribution in [0.4, 0.5) is 5.69 Å². The lowest BCUT2D eigenvalue weighted by molar-refractivity contribution is -0.136. The highest BCUT2D eigenvalue weighted by molar-refractivity contribution is 5.96. The molecule has 1 rings (SSSR count). The first-order valence-corrected chi connectivity index (χ1v) is 8.01. The van der Waals surface area contributed by atoms with E-state index in [1.807, 2.05) is 13.8 Å². The van der Waals surface area contributed by atoms with Gasteiger partial charge < -0.3 is 14.8 Å². The lowest BCUT2D eigenvalue weighted by atomic mass is 9.97. The number of methoxy groups -OCH3 is 1. The highest BCUT2D eigenvalue weighted by Gasteiger charge is 2.32. The van der Waals surface area contributed by atoms with Gasteiger partial charge in [0.05, 0.1) is 18.5 Å². The molecule has 0 aliphatic rings. The van der Waals surface area contributed by atoms with Gasteiger partial charge in [-0.25, -0.2) is 4.98 Å². The van der Waals surface area contributed by atoms with Crippen molar-refractivity contribution in [3.63, 3.8) is 0 Å². The molecule has 1 unspecified atom stereocenters. The van der Waals surface area contributed by atoms with E-state index in [1.54, 1.807) is 25.4 Å². The molecule has 1 N–H and O–H groups in total. The maximum Gasteiger partial charge on any atom is 0.256 e. The minimum Gasteiger partial charge on any atom is -0.478 e. The minimum atomic E-state index is -0.813. The second-order valence-electron chi connectivity index (χ2n) is 5.58. The number of hydrogen-bond acceptors (Lipinski definition) is 4. The van der Waals surface area contributed by atoms with Crippen LogP contribution in [0.15, 0.2) is 18.3 Å². The smallest absolute Gasteiger partial charge is 0.256 e. The average molecular weight is 308 g/mol. The van der Waals surface area contributed by atoms with Crippen LogP contribution in [0.3, 0.4) is 0 Å². The largest absolute Gasteiger partial charge is 0.478 e. The van der Waals surface area contributed by atoms with Crippen molar-refractivity contribution < 1.29 is 14.3 Å². The van der Waals surface area contributed by atoms with Gasteiger partial charge >= 0.3 is 0 Å². The number of aromatic nitrogens is 1. The second-order valence-corrected chi connectivity index (χ2v) is 5.58. The van der Waals surface area contributed by atoms with Gasteiger partial charge in [-0.1, -0.05) is 33.1 Å². The maximum atomic E-state index is 12.4. The van der Waals surface area contributed by atoms with Crippen molar-refractivity contribution in [2.75, 3.05) is 19.0 Å². The Hall–Kier alpha value is -1.62. The zero-order valence-electron chi connectivity index (χ0n) is 14.1. The zero-order chi connectivity index (χ0) is 16.4. The van der Waals surface area contributed by atoms with Crippen molar-refractivity contribution in [3.8, 4) is 5.88 Å². The van der Waals surface area contributed by atoms with Gasteiger partial charge in [-0.2, -0.15) is 0 Å². The molecule has 0 bridgehead atoms. The number of unbranched alkanes of at least 4 members (excludes halogenated alkanes) is 2. The molecule has 1 amide bonds. The molecule has 22 heavy (non-hydrogen) atoms. The van der Waals surface area contributed by atoms with Crippen LogP contribution in [0.2, 0.25) is 0 Å². The first-order valence-electron chi connectivity index (χ1n) is 8.01. The highest BCUT2D eigenvalue weighted by Crippen LogP contribution is 2.21. The molecule has 1 heterocycles. The van der Waals surface area contributed by atoms with Crippen molar-refractivity contribution in [1.82, 2.24) is 4.98 Å². The molecule has 124 valence electrons. The van der Waals surface area contributed by atoms with Crippen LogP contribution in [-0.2, 0) is 9.53 Å². The molecular weight excluding hydrogens is 280 g/mol. The SMILES string of the molecule is CCCCCC(C)(OC)C(=O)Nc1ccc(OCCC)nc1. The number of ether oxygens (including phenoxy) is 2. The molecule has 0 aromatic carbocycles. The molecule has 1 aromatic rings. The Labute approximate surface area is 133 Å². The number of carbonyl (C=O) groups excluding carboxylic acids is 1. The lowest BCUT2D eigenvalue weighted by Gasteiger charge is -2.26. The van der Waals surface area contributed by atoms with E-state index < -0.39 is 5.60 Å². The predicted molar refractivity (Wildman–Crippen MR) is 88.2 cm³/mol. The first kappa shape index (κ1) is 18.4. The Morgan fingerprint density at radius 2 is 2.05 bits per heavy atom. The molecule has 1 atom stereocenters. The van der Waals surface area contributed by atoms with Crippen molar-refractivity contribution >= 4 is 11.6 Å². The standard InChI is InChI=1S/C17H28N2O3/c1-5-7-8-11-17(3,21-4)16(20)19-14-9-10-15(18-13-14)22-12-6-2/h9-10,13H,5-8,11-12H2,1-4H3,(H,19,20). The number of nitrogens with one attached hydrogen (secondary N) is 1. The van der Waals surface area contributed by atoms with Crippen LogP contribution in [-0.4, -0.2) is 30.2 Å². The monoisotopic (exact) mass is 308 g/mol. The summed E-state index contributed by atoms with van der Waals surface area (Å²) in [6.07, 6.45) is 6.42. The number of anilines is 1. The molecule has 5 heteroatoms. The van der Waals surface area contributed by atoms with Crippen molar-refractivity contribution in [1.29, 1.82) is 0 Å². The summed E-state index contributed by atoms with van der Waals surface area (Å²) in [5.74, 6) is 0.424. The van der Waals surface area contributed by atoms with Crippen LogP contribution < -0.4 is 10.1 Å². The van der Waals surface area contributed by atoms with E-state index in [1.165, 1.54) is 0 Å². The summed E-state index contributed by atoms with van der Waals surface area (Å²) < 4.78 is 10.9. The number of carbonyl (C=O) groups is 1. The zero-order valence-corrected chi connectivity index (χ0v) is 14.1. The Bertz CT molecular complexity index is 448. The predicted octanol–water partition coefficient (Wildman–Crippen LogP) is 3.79. The van der Waals surface area contributed by atoms with Crippen LogP contribution in [0.5, 0.6) is 5.88 Å². The van der Waals surface area contributed by atoms with Crippen molar-refractivity contribution in [3.05, 3.63) is 18.3 Å². The molecule has 0 aliphatic heterocycles. The van der Waals surface area contributed by atoms with Gasteiger partial charge in [0, 0.05) is 13.2 Å². The fraction of sp³-hybridized carbons (Fsp3) is 0.647. The van der Waals surface area contributed by atoms with Crippen molar-refractivity contribution in [2.45, 2.75) is 58.5 Å². The summed E-state index contributed by atoms with van der Waals surface area (Å²) >= 11 is 0. The summed E-state index contributed by atoms with van der Waals surface area (Å²) in [6.45, 7) is 6.64. The molecule has 0 saturated heterocycles. The molecule has 0 aliphatic carbocycles. The molecule has 0 saturated carbocycles. The van der Waals surface area contributed by atoms with Crippen molar-refractivity contribution in [2.24, 2.45) is 0 Å². The Balaban J connectivity index is 2.61. The molecular formula is C17H28N2O3. The molecule has 0 fully saturated rings. The normalized spacial score (nSPS) is 13.5. The first-order chi connectivity index (χ1) is 10.6. The van der Waals surface area contributed by atoms with Gasteiger partial charge in [-0.05, 0) is 25.8 Å². The van der Waals surface area contributed by atoms with Gasteiger partial charge in [-0.15, -0.1) is 0 Å². The van der Waals surface area contributed by atoms with E-state index in [-0.39, 0.29) is 5.91 Å². The average Bonchev–Trinajstić information content (AvgIpc) is 2.54. The third-order valence-corrected chi connectivity index (χ3v) is 3.64. The Morgan fingerprint density at radius 3 is 2.59 bits per heavy atom. The fourth-order valence-corrected chi connectivity index (χ4v) is 2.03. The van der Waals surface area contributed by atoms with Gasteiger partial charge in [0.2, 0.25) is 5.88 Å². The number of nitrogens with zero attached hydrogens (tertiary/aromatic N) is 1. The molecule has 5 nitrogen and oxygen atoms in total. The molecule has 0 radical (unpaired) electrons. The van der Waals surface area contributed by atoms with E-state index >= 15 is 0 Å². The molecule has 1 aromatic heterocycles. The minimum absolute atomic E-state index is 0.143. The number of amides is 1. The number of pyridine rings is 1. The summed E-state index contributed by atoms with van der Waals surface area (Å²) in [5, 5.41) is 2.86. The van der Waals surface area contributed by atoms with Crippen LogP contribution >= 0.6 is 0 Å². The topological polar surface area (TPSA) is 60.5 Å². The second kappa shape index (κ2) is 9.41. The molecule has 0 spiro atoms. The van der Waals surface area contributed by atoms with Crippen LogP contribution in [0.25, 0.3) is 0 Å². The van der Waals surface area contributed by atoms with E-state index in [2.05, 4.69) is 17.2 Å². The summed E-state index contributed by atoms with van der Waals surface area (Å²) in [4.78, 5) is 16.6. The fourth-order valence-electron chi connectivity index (χ4n) is 2.03. The summed E-state index contributed by atoms with van der Waals surface area (Å²) in [7, 11) is 1.57. The van der Waals surface area contributed by atoms with E-state index in [9.17, 15) is 4.79 Å². The summed E-state index contributed by atoms with van der Waals surface area (Å²) in [6, 6.07) is 3.55. The van der Waals surface area contributed by atoms with Gasteiger partial charge in [0.1, 0.15) is 5.60 Å². The highest BCUT2D eigenvalue weighted by atomic mass is 16.5. The quantitative estimate of drug-likeness (QED) is 0.668. The van der Waals surface area contributed by atoms with Gasteiger partial charge in [0.15, 0.2) is 0 Å². The number of rotatable bonds is 10. The van der Waals surface area contributed by atoms with Gasteiger partial charge in [-0.3, -0.25) is 4.79 Å². The number of hydrogen-bond donors (Lipinski definition) is 1. The lowest BCUT2D eigenvalue weighted by Crippen LogP contribution is -2.42. The van der Waals surface area contributed by atoms with E-state index in [0.717, 1.165) is 25.7 Å². The summed E-state index contributed by atoms with van der Waals surface area (Å²) in [5.41, 5.74) is -0.167. The Kier molecular flexibility index (Phi) is 7.88.